The van der Waals surface area contributed by atoms with Crippen LogP contribution in [0.5, 0.6) is 0 Å². The normalized spacial score (nSPS) is 11.7. The number of aliphatic hydroxyl groups is 1. The van der Waals surface area contributed by atoms with Crippen LogP contribution in [0.15, 0.2) is 54.6 Å². The molecule has 0 aliphatic rings. The van der Waals surface area contributed by atoms with Crippen molar-refractivity contribution >= 4 is 17.7 Å². The first-order chi connectivity index (χ1) is 10.9. The molecule has 2 N–H and O–H groups in total. The molecule has 0 radical (unpaired) electrons. The van der Waals surface area contributed by atoms with Crippen molar-refractivity contribution in [3.05, 3.63) is 71.3 Å². The van der Waals surface area contributed by atoms with Crippen LogP contribution in [0, 0.1) is 0 Å². The van der Waals surface area contributed by atoms with Crippen LogP contribution in [0.3, 0.4) is 0 Å². The summed E-state index contributed by atoms with van der Waals surface area (Å²) in [7, 11) is 0. The molecule has 0 bridgehead atoms. The third kappa shape index (κ3) is 5.08. The number of aliphatic hydroxyl groups excluding tert-OH is 1. The molecule has 0 heterocycles. The van der Waals surface area contributed by atoms with E-state index in [2.05, 4.69) is 38.2 Å². The Kier molecular flexibility index (Phi) is 5.35. The Morgan fingerprint density at radius 2 is 1.65 bits per heavy atom. The van der Waals surface area contributed by atoms with Gasteiger partial charge in [-0.05, 0) is 40.3 Å². The summed E-state index contributed by atoms with van der Waals surface area (Å²) < 4.78 is 0. The van der Waals surface area contributed by atoms with Crippen LogP contribution in [0.4, 0.5) is 5.69 Å². The van der Waals surface area contributed by atoms with E-state index in [1.165, 1.54) is 11.6 Å². The van der Waals surface area contributed by atoms with Gasteiger partial charge in [0.15, 0.2) is 0 Å². The summed E-state index contributed by atoms with van der Waals surface area (Å²) in [5.41, 5.74) is 3.91. The summed E-state index contributed by atoms with van der Waals surface area (Å²) in [6.07, 6.45) is 3.32. The summed E-state index contributed by atoms with van der Waals surface area (Å²) in [4.78, 5) is 11.9. The van der Waals surface area contributed by atoms with E-state index in [1.54, 1.807) is 30.3 Å². The van der Waals surface area contributed by atoms with Gasteiger partial charge in [-0.25, -0.2) is 0 Å². The zero-order chi connectivity index (χ0) is 16.9. The van der Waals surface area contributed by atoms with Crippen LogP contribution in [-0.2, 0) is 16.8 Å². The molecule has 3 heteroatoms. The maximum atomic E-state index is 11.9. The molecule has 0 saturated carbocycles. The van der Waals surface area contributed by atoms with E-state index < -0.39 is 0 Å². The average molecular weight is 309 g/mol. The topological polar surface area (TPSA) is 49.3 Å². The highest BCUT2D eigenvalue weighted by atomic mass is 16.3. The number of amides is 1. The van der Waals surface area contributed by atoms with Crippen molar-refractivity contribution in [1.82, 2.24) is 0 Å². The lowest BCUT2D eigenvalue weighted by Crippen LogP contribution is -2.10. The molecule has 0 saturated heterocycles. The lowest BCUT2D eigenvalue weighted by molar-refractivity contribution is -0.111. The molecule has 120 valence electrons. The monoisotopic (exact) mass is 309 g/mol. The zero-order valence-electron chi connectivity index (χ0n) is 13.8. The number of benzene rings is 2. The van der Waals surface area contributed by atoms with Crippen LogP contribution in [0.1, 0.15) is 37.5 Å². The fourth-order valence-electron chi connectivity index (χ4n) is 2.14. The molecule has 2 aromatic rings. The highest BCUT2D eigenvalue weighted by Gasteiger charge is 2.12. The molecule has 0 atom stereocenters. The SMILES string of the molecule is CC(C)(C)c1ccc(/C=C/C(=O)Nc2ccc(CO)cc2)cc1. The third-order valence-corrected chi connectivity index (χ3v) is 3.61. The molecule has 2 aromatic carbocycles. The van der Waals surface area contributed by atoms with E-state index in [0.29, 0.717) is 5.69 Å². The van der Waals surface area contributed by atoms with Crippen molar-refractivity contribution in [3.63, 3.8) is 0 Å². The molecule has 0 aliphatic carbocycles. The second kappa shape index (κ2) is 7.25. The van der Waals surface area contributed by atoms with Gasteiger partial charge in [-0.15, -0.1) is 0 Å². The Balaban J connectivity index is 1.97. The first kappa shape index (κ1) is 17.0. The van der Waals surface area contributed by atoms with Crippen molar-refractivity contribution in [2.24, 2.45) is 0 Å². The van der Waals surface area contributed by atoms with Crippen molar-refractivity contribution in [2.75, 3.05) is 5.32 Å². The number of carbonyl (C=O) groups excluding carboxylic acids is 1. The molecule has 0 aromatic heterocycles. The number of hydrogen-bond acceptors (Lipinski definition) is 2. The molecule has 0 spiro atoms. The minimum absolute atomic E-state index is 0.00130. The predicted octanol–water partition coefficient (Wildman–Crippen LogP) is 4.13. The van der Waals surface area contributed by atoms with E-state index in [0.717, 1.165) is 11.1 Å². The number of nitrogens with one attached hydrogen (secondary N) is 1. The van der Waals surface area contributed by atoms with Gasteiger partial charge in [0.25, 0.3) is 0 Å². The molecule has 3 nitrogen and oxygen atoms in total. The Bertz CT molecular complexity index is 677. The lowest BCUT2D eigenvalue weighted by Gasteiger charge is -2.18. The second-order valence-electron chi connectivity index (χ2n) is 6.55. The van der Waals surface area contributed by atoms with Gasteiger partial charge in [0, 0.05) is 11.8 Å². The second-order valence-corrected chi connectivity index (χ2v) is 6.55. The number of rotatable bonds is 4. The molecule has 2 rings (SSSR count). The van der Waals surface area contributed by atoms with Gasteiger partial charge in [-0.1, -0.05) is 57.2 Å². The largest absolute Gasteiger partial charge is 0.392 e. The van der Waals surface area contributed by atoms with Crippen molar-refractivity contribution in [3.8, 4) is 0 Å². The van der Waals surface area contributed by atoms with Crippen LogP contribution in [0.2, 0.25) is 0 Å². The number of anilines is 1. The molecule has 0 fully saturated rings. The predicted molar refractivity (Wildman–Crippen MR) is 95.2 cm³/mol. The van der Waals surface area contributed by atoms with Gasteiger partial charge in [-0.3, -0.25) is 4.79 Å². The molecular formula is C20H23NO2. The first-order valence-electron chi connectivity index (χ1n) is 7.68. The Hall–Kier alpha value is -2.39. The summed E-state index contributed by atoms with van der Waals surface area (Å²) in [6, 6.07) is 15.3. The maximum absolute atomic E-state index is 11.9. The van der Waals surface area contributed by atoms with E-state index >= 15 is 0 Å². The van der Waals surface area contributed by atoms with Gasteiger partial charge < -0.3 is 10.4 Å². The van der Waals surface area contributed by atoms with E-state index in [9.17, 15) is 4.79 Å². The van der Waals surface area contributed by atoms with Gasteiger partial charge >= 0.3 is 0 Å². The Morgan fingerprint density at radius 3 is 2.17 bits per heavy atom. The number of hydrogen-bond donors (Lipinski definition) is 2. The van der Waals surface area contributed by atoms with Crippen molar-refractivity contribution in [1.29, 1.82) is 0 Å². The lowest BCUT2D eigenvalue weighted by atomic mass is 9.87. The number of carbonyl (C=O) groups is 1. The van der Waals surface area contributed by atoms with Gasteiger partial charge in [0.2, 0.25) is 5.91 Å². The average Bonchev–Trinajstić information content (AvgIpc) is 2.53. The minimum Gasteiger partial charge on any atom is -0.392 e. The summed E-state index contributed by atoms with van der Waals surface area (Å²) in [5, 5.41) is 11.8. The van der Waals surface area contributed by atoms with Crippen LogP contribution in [0.25, 0.3) is 6.08 Å². The smallest absolute Gasteiger partial charge is 0.248 e. The van der Waals surface area contributed by atoms with E-state index in [-0.39, 0.29) is 17.9 Å². The summed E-state index contributed by atoms with van der Waals surface area (Å²) in [5.74, 6) is -0.179. The summed E-state index contributed by atoms with van der Waals surface area (Å²) >= 11 is 0. The standard InChI is InChI=1S/C20H23NO2/c1-20(2,3)17-9-4-15(5-10-17)8-13-19(23)21-18-11-6-16(14-22)7-12-18/h4-13,22H,14H2,1-3H3,(H,21,23)/b13-8+. The zero-order valence-corrected chi connectivity index (χ0v) is 13.8. The fourth-order valence-corrected chi connectivity index (χ4v) is 2.14. The van der Waals surface area contributed by atoms with Crippen molar-refractivity contribution < 1.29 is 9.90 Å². The summed E-state index contributed by atoms with van der Waals surface area (Å²) in [6.45, 7) is 6.52. The third-order valence-electron chi connectivity index (χ3n) is 3.61. The minimum atomic E-state index is -0.179. The quantitative estimate of drug-likeness (QED) is 0.834. The molecule has 1 amide bonds. The Morgan fingerprint density at radius 1 is 1.04 bits per heavy atom. The first-order valence-corrected chi connectivity index (χ1v) is 7.68. The van der Waals surface area contributed by atoms with Crippen molar-refractivity contribution in [2.45, 2.75) is 32.8 Å². The molecule has 23 heavy (non-hydrogen) atoms. The van der Waals surface area contributed by atoms with Crippen LogP contribution in [-0.4, -0.2) is 11.0 Å². The Labute approximate surface area is 137 Å². The molecule has 0 aliphatic heterocycles. The fraction of sp³-hybridized carbons (Fsp3) is 0.250. The van der Waals surface area contributed by atoms with E-state index in [1.807, 2.05) is 12.1 Å². The van der Waals surface area contributed by atoms with E-state index in [4.69, 9.17) is 5.11 Å². The highest BCUT2D eigenvalue weighted by molar-refractivity contribution is 6.01. The van der Waals surface area contributed by atoms with Gasteiger partial charge in [0.1, 0.15) is 0 Å². The maximum Gasteiger partial charge on any atom is 0.248 e. The molecule has 0 unspecified atom stereocenters. The van der Waals surface area contributed by atoms with Gasteiger partial charge in [-0.2, -0.15) is 0 Å². The highest BCUT2D eigenvalue weighted by Crippen LogP contribution is 2.22. The molecular weight excluding hydrogens is 286 g/mol. The van der Waals surface area contributed by atoms with Crippen LogP contribution >= 0.6 is 0 Å². The van der Waals surface area contributed by atoms with Crippen LogP contribution < -0.4 is 5.32 Å². The van der Waals surface area contributed by atoms with Gasteiger partial charge in [0.05, 0.1) is 6.61 Å².